The Hall–Kier alpha value is -6.81. The Morgan fingerprint density at radius 2 is 0.831 bits per heavy atom. The summed E-state index contributed by atoms with van der Waals surface area (Å²) in [6.45, 7) is 0.744. The number of aromatic nitrogens is 8. The number of nitrogens with one attached hydrogen (secondary N) is 2. The minimum Gasteiger partial charge on any atom is -0.481 e. The standard InChI is InChI=1S/C48H41N8O2.Mn/c1-53-24-15-32(16-25-53)45-36-7-9-38(49-36)46(33-17-26-54(2)27-18-33)40-11-13-42(51-40)48(35-21-30-56(31-22-35)23-5-4-6-44(57)58)43-14-12-41(52-43)47(39-10-8-37(45)50-39)34-19-28-55(3)29-20-34;/h7-22,24-31H,4-6,23H2,1-3H3;/q+1;+2/p+3. The van der Waals surface area contributed by atoms with E-state index in [4.69, 9.17) is 15.1 Å². The number of unbranched alkanes of at least 4 members (excludes halogenated alkanes) is 1. The van der Waals surface area contributed by atoms with Crippen LogP contribution in [-0.2, 0) is 49.6 Å². The molecule has 11 heteroatoms. The Morgan fingerprint density at radius 1 is 0.492 bits per heavy atom. The van der Waals surface area contributed by atoms with E-state index >= 15 is 0 Å². The van der Waals surface area contributed by atoms with Crippen LogP contribution in [0.4, 0.5) is 0 Å². The first kappa shape index (κ1) is 39.0. The molecule has 2 aliphatic rings. The van der Waals surface area contributed by atoms with Crippen molar-refractivity contribution in [1.82, 2.24) is 19.9 Å². The molecular weight excluding hydrogens is 776 g/mol. The SMILES string of the molecule is C[n+]1ccc(-c2c3nc(c(-c4cc[n+](C)cc4)c4ccc([nH]4)c(-c4cc[n+](CCCCC(=O)O)cc4)c4ccc([nH]4)c(-c4cc[n+](C)cc4)c4nc2C=C4)C=C3)cc1.[Mn+2]. The van der Waals surface area contributed by atoms with Gasteiger partial charge in [-0.1, -0.05) is 0 Å². The summed E-state index contributed by atoms with van der Waals surface area (Å²) in [5, 5.41) is 9.10. The number of aromatic amines is 2. The molecule has 0 amide bonds. The van der Waals surface area contributed by atoms with E-state index in [-0.39, 0.29) is 23.5 Å². The van der Waals surface area contributed by atoms with E-state index in [0.29, 0.717) is 6.42 Å². The third kappa shape index (κ3) is 8.03. The number of carboxylic acid groups (broad SMARTS) is 1. The Bertz CT molecular complexity index is 2790. The molecule has 0 saturated carbocycles. The number of fused-ring (bicyclic) bond motifs is 8. The number of hydrogen-bond acceptors (Lipinski definition) is 3. The number of rotatable bonds is 9. The van der Waals surface area contributed by atoms with Crippen molar-refractivity contribution in [2.75, 3.05) is 0 Å². The van der Waals surface area contributed by atoms with Crippen LogP contribution in [0.2, 0.25) is 0 Å². The molecule has 2 aliphatic heterocycles. The Balaban J connectivity index is 0.00000484. The molecule has 8 bridgehead atoms. The van der Waals surface area contributed by atoms with Crippen LogP contribution in [0.3, 0.4) is 0 Å². The first-order chi connectivity index (χ1) is 28.3. The molecule has 0 aromatic carbocycles. The fourth-order valence-corrected chi connectivity index (χ4v) is 7.77. The van der Waals surface area contributed by atoms with E-state index in [0.717, 1.165) is 102 Å². The van der Waals surface area contributed by atoms with E-state index in [2.05, 4.69) is 161 Å². The molecule has 0 aliphatic carbocycles. The summed E-state index contributed by atoms with van der Waals surface area (Å²) in [4.78, 5) is 29.5. The maximum atomic E-state index is 11.1. The van der Waals surface area contributed by atoms with E-state index < -0.39 is 5.97 Å². The molecule has 7 aromatic heterocycles. The molecule has 0 atom stereocenters. The second-order valence-electron chi connectivity index (χ2n) is 14.9. The van der Waals surface area contributed by atoms with Crippen LogP contribution in [0.15, 0.2) is 122 Å². The summed E-state index contributed by atoms with van der Waals surface area (Å²) in [6, 6.07) is 25.6. The molecule has 0 unspecified atom stereocenters. The fourth-order valence-electron chi connectivity index (χ4n) is 7.77. The summed E-state index contributed by atoms with van der Waals surface area (Å²) in [6.07, 6.45) is 26.5. The van der Waals surface area contributed by atoms with Gasteiger partial charge in [0, 0.05) is 106 Å². The minimum absolute atomic E-state index is 0. The molecule has 289 valence electrons. The van der Waals surface area contributed by atoms with Crippen molar-refractivity contribution in [3.8, 4) is 44.5 Å². The van der Waals surface area contributed by atoms with E-state index in [1.165, 1.54) is 0 Å². The number of nitrogens with zero attached hydrogens (tertiary/aromatic N) is 6. The minimum atomic E-state index is -0.760. The number of carboxylic acids is 1. The number of carbonyl (C=O) groups is 1. The van der Waals surface area contributed by atoms with Gasteiger partial charge in [-0.3, -0.25) is 4.79 Å². The number of aryl methyl sites for hydroxylation is 4. The molecule has 59 heavy (non-hydrogen) atoms. The largest absolute Gasteiger partial charge is 2.00 e. The van der Waals surface area contributed by atoms with Crippen molar-refractivity contribution in [2.24, 2.45) is 21.1 Å². The smallest absolute Gasteiger partial charge is 0.481 e. The van der Waals surface area contributed by atoms with Gasteiger partial charge in [0.2, 0.25) is 0 Å². The van der Waals surface area contributed by atoms with Crippen LogP contribution < -0.4 is 18.3 Å². The predicted octanol–water partition coefficient (Wildman–Crippen LogP) is 7.34. The quantitative estimate of drug-likeness (QED) is 0.0805. The summed E-state index contributed by atoms with van der Waals surface area (Å²) in [5.41, 5.74) is 15.3. The van der Waals surface area contributed by atoms with Gasteiger partial charge < -0.3 is 15.1 Å². The van der Waals surface area contributed by atoms with Crippen molar-refractivity contribution < 1.29 is 45.2 Å². The molecule has 0 saturated heterocycles. The van der Waals surface area contributed by atoms with Gasteiger partial charge in [-0.2, -0.15) is 0 Å². The van der Waals surface area contributed by atoms with Crippen molar-refractivity contribution in [3.05, 3.63) is 145 Å². The molecule has 9 rings (SSSR count). The molecule has 7 aromatic rings. The number of pyridine rings is 4. The van der Waals surface area contributed by atoms with Gasteiger partial charge in [0.15, 0.2) is 49.6 Å². The third-order valence-corrected chi connectivity index (χ3v) is 10.8. The maximum absolute atomic E-state index is 11.1. The molecule has 10 nitrogen and oxygen atoms in total. The first-order valence-electron chi connectivity index (χ1n) is 19.5. The van der Waals surface area contributed by atoms with Gasteiger partial charge in [-0.05, 0) is 77.2 Å². The Labute approximate surface area is 352 Å². The van der Waals surface area contributed by atoms with E-state index in [9.17, 15) is 4.79 Å². The van der Waals surface area contributed by atoms with Crippen LogP contribution in [-0.4, -0.2) is 31.0 Å². The Morgan fingerprint density at radius 3 is 1.24 bits per heavy atom. The van der Waals surface area contributed by atoms with Crippen molar-refractivity contribution in [3.63, 3.8) is 0 Å². The molecule has 1 radical (unpaired) electrons. The molecule has 9 heterocycles. The van der Waals surface area contributed by atoms with Crippen molar-refractivity contribution in [2.45, 2.75) is 25.8 Å². The first-order valence-corrected chi connectivity index (χ1v) is 19.5. The zero-order chi connectivity index (χ0) is 39.8. The molecule has 3 N–H and O–H groups in total. The summed E-state index contributed by atoms with van der Waals surface area (Å²) in [5.74, 6) is -0.760. The summed E-state index contributed by atoms with van der Waals surface area (Å²) < 4.78 is 8.22. The second kappa shape index (κ2) is 16.6. The fraction of sp³-hybridized carbons (Fsp3) is 0.146. The topological polar surface area (TPSA) is 110 Å². The monoisotopic (exact) mass is 819 g/mol. The zero-order valence-corrected chi connectivity index (χ0v) is 34.3. The van der Waals surface area contributed by atoms with Gasteiger partial charge in [0.05, 0.1) is 22.8 Å². The Kier molecular flexibility index (Phi) is 11.0. The average molecular weight is 820 g/mol. The van der Waals surface area contributed by atoms with Crippen molar-refractivity contribution >= 4 is 52.3 Å². The number of H-pyrrole nitrogens is 2. The van der Waals surface area contributed by atoms with E-state index in [1.54, 1.807) is 0 Å². The van der Waals surface area contributed by atoms with Crippen LogP contribution in [0, 0.1) is 0 Å². The van der Waals surface area contributed by atoms with Crippen LogP contribution in [0.25, 0.3) is 90.9 Å². The van der Waals surface area contributed by atoms with Gasteiger partial charge >= 0.3 is 23.0 Å². The molecule has 0 fully saturated rings. The summed E-state index contributed by atoms with van der Waals surface area (Å²) >= 11 is 0. The van der Waals surface area contributed by atoms with Crippen LogP contribution in [0.1, 0.15) is 42.0 Å². The number of hydrogen-bond donors (Lipinski definition) is 3. The van der Waals surface area contributed by atoms with E-state index in [1.807, 2.05) is 34.8 Å². The zero-order valence-electron chi connectivity index (χ0n) is 33.1. The average Bonchev–Trinajstić information content (AvgIpc) is 4.07. The number of aliphatic carboxylic acids is 1. The van der Waals surface area contributed by atoms with Crippen molar-refractivity contribution in [1.29, 1.82) is 0 Å². The van der Waals surface area contributed by atoms with Gasteiger partial charge in [0.1, 0.15) is 27.7 Å². The predicted molar refractivity (Wildman–Crippen MR) is 226 cm³/mol. The van der Waals surface area contributed by atoms with Gasteiger partial charge in [-0.15, -0.1) is 0 Å². The van der Waals surface area contributed by atoms with Gasteiger partial charge in [0.25, 0.3) is 0 Å². The maximum Gasteiger partial charge on any atom is 2.00 e. The summed E-state index contributed by atoms with van der Waals surface area (Å²) in [7, 11) is 6.06. The van der Waals surface area contributed by atoms with Gasteiger partial charge in [-0.25, -0.2) is 28.2 Å². The third-order valence-electron chi connectivity index (χ3n) is 10.8. The normalized spacial score (nSPS) is 11.8. The second-order valence-corrected chi connectivity index (χ2v) is 14.9. The molecular formula is C48H44MnN8O2+6. The molecule has 0 spiro atoms. The van der Waals surface area contributed by atoms with Crippen LogP contribution in [0.5, 0.6) is 0 Å². The van der Waals surface area contributed by atoms with Crippen LogP contribution >= 0.6 is 0 Å².